The number of hydrogen-bond donors (Lipinski definition) is 9. The summed E-state index contributed by atoms with van der Waals surface area (Å²) in [7, 11) is 0. The maximum atomic E-state index is 13.3. The van der Waals surface area contributed by atoms with Crippen molar-refractivity contribution in [3.05, 3.63) is 0 Å². The van der Waals surface area contributed by atoms with Crippen molar-refractivity contribution >= 4 is 47.1 Å². The highest BCUT2D eigenvalue weighted by molar-refractivity contribution is 6.38. The first-order chi connectivity index (χ1) is 21.0. The maximum Gasteiger partial charge on any atom is 0.289 e. The Balaban J connectivity index is 5.49. The van der Waals surface area contributed by atoms with Crippen LogP contribution in [0.5, 0.6) is 0 Å². The number of ketones is 1. The van der Waals surface area contributed by atoms with Crippen LogP contribution in [0.25, 0.3) is 0 Å². The lowest BCUT2D eigenvalue weighted by molar-refractivity contribution is -0.140. The van der Waals surface area contributed by atoms with Crippen LogP contribution in [0.4, 0.5) is 0 Å². The number of nitrogens with two attached hydrogens (primary N) is 2. The van der Waals surface area contributed by atoms with Gasteiger partial charge >= 0.3 is 0 Å². The van der Waals surface area contributed by atoms with E-state index in [1.807, 2.05) is 0 Å². The SMILES string of the molecule is CCC(C)[C@H](NC(=O)[C@H](CCCCN)NC(C)=O)C(=O)N[C@H](C(=O)N[C@@H](C)C(=O)NC(C)C(=O)C(=O)NCCC(N)=O)[C@@H](C)O. The molecular weight excluding hydrogens is 592 g/mol. The Kier molecular flexibility index (Phi) is 18.9. The van der Waals surface area contributed by atoms with Gasteiger partial charge in [-0.25, -0.2) is 0 Å². The van der Waals surface area contributed by atoms with E-state index < -0.39 is 89.4 Å². The number of Topliss-reactive ketones (excluding diaryl/α,β-unsaturated/α-hetero) is 1. The fraction of sp³-hybridized carbons (Fsp3) is 0.714. The van der Waals surface area contributed by atoms with Gasteiger partial charge in [0.15, 0.2) is 0 Å². The summed E-state index contributed by atoms with van der Waals surface area (Å²) >= 11 is 0. The molecule has 11 N–H and O–H groups in total. The molecule has 0 aromatic heterocycles. The Labute approximate surface area is 263 Å². The fourth-order valence-corrected chi connectivity index (χ4v) is 3.97. The van der Waals surface area contributed by atoms with Gasteiger partial charge in [-0.1, -0.05) is 20.3 Å². The minimum atomic E-state index is -1.54. The van der Waals surface area contributed by atoms with Crippen LogP contribution in [0, 0.1) is 5.92 Å². The number of carbonyl (C=O) groups excluding carboxylic acids is 8. The quantitative estimate of drug-likeness (QED) is 0.0442. The first-order valence-electron chi connectivity index (χ1n) is 14.9. The van der Waals surface area contributed by atoms with Gasteiger partial charge in [-0.15, -0.1) is 0 Å². The van der Waals surface area contributed by atoms with Crippen molar-refractivity contribution in [2.24, 2.45) is 17.4 Å². The maximum absolute atomic E-state index is 13.3. The number of nitrogens with one attached hydrogen (secondary N) is 6. The zero-order valence-electron chi connectivity index (χ0n) is 26.9. The summed E-state index contributed by atoms with van der Waals surface area (Å²) in [5.41, 5.74) is 10.5. The number of carbonyl (C=O) groups is 8. The van der Waals surface area contributed by atoms with Crippen molar-refractivity contribution in [2.45, 2.75) is 110 Å². The Hall–Kier alpha value is -4.12. The fourth-order valence-electron chi connectivity index (χ4n) is 3.97. The Morgan fingerprint density at radius 2 is 1.29 bits per heavy atom. The molecule has 0 spiro atoms. The summed E-state index contributed by atoms with van der Waals surface area (Å²) in [5.74, 6) is -6.71. The molecule has 0 fully saturated rings. The molecule has 256 valence electrons. The van der Waals surface area contributed by atoms with Gasteiger partial charge < -0.3 is 48.5 Å². The van der Waals surface area contributed by atoms with Crippen molar-refractivity contribution in [3.8, 4) is 0 Å². The van der Waals surface area contributed by atoms with E-state index in [0.717, 1.165) is 0 Å². The summed E-state index contributed by atoms with van der Waals surface area (Å²) in [4.78, 5) is 98.6. The number of aliphatic hydroxyl groups is 1. The molecule has 2 unspecified atom stereocenters. The van der Waals surface area contributed by atoms with E-state index in [9.17, 15) is 43.5 Å². The van der Waals surface area contributed by atoms with Gasteiger partial charge in [0.05, 0.1) is 12.1 Å². The average molecular weight is 643 g/mol. The molecule has 0 heterocycles. The van der Waals surface area contributed by atoms with Crippen LogP contribution in [0.2, 0.25) is 0 Å². The summed E-state index contributed by atoms with van der Waals surface area (Å²) in [6.45, 7) is 8.78. The van der Waals surface area contributed by atoms with E-state index in [1.165, 1.54) is 27.7 Å². The molecule has 0 aliphatic rings. The van der Waals surface area contributed by atoms with Crippen molar-refractivity contribution in [1.82, 2.24) is 31.9 Å². The standard InChI is InChI=1S/C28H50N8O9/c1-7-14(2)21(35-25(42)19(34-18(6)38)10-8-9-12-29)26(43)36-22(17(5)37)27(44)33-16(4)24(41)32-15(3)23(40)28(45)31-13-11-20(30)39/h14-17,19,21-22,37H,7-13,29H2,1-6H3,(H2,30,39)(H,31,45)(H,32,41)(H,33,44)(H,34,38)(H,35,42)(H,36,43)/t14?,15?,16-,17+,19-,21-,22-/m0/s1. The zero-order chi connectivity index (χ0) is 34.9. The summed E-state index contributed by atoms with van der Waals surface area (Å²) < 4.78 is 0. The second-order valence-corrected chi connectivity index (χ2v) is 10.9. The molecule has 0 aliphatic heterocycles. The summed E-state index contributed by atoms with van der Waals surface area (Å²) in [6.07, 6.45) is 0.330. The van der Waals surface area contributed by atoms with Crippen LogP contribution in [-0.4, -0.2) is 102 Å². The van der Waals surface area contributed by atoms with Crippen LogP contribution >= 0.6 is 0 Å². The lowest BCUT2D eigenvalue weighted by atomic mass is 9.96. The van der Waals surface area contributed by atoms with E-state index in [2.05, 4.69) is 31.9 Å². The Morgan fingerprint density at radius 1 is 0.733 bits per heavy atom. The van der Waals surface area contributed by atoms with Gasteiger partial charge in [0, 0.05) is 19.9 Å². The molecular formula is C28H50N8O9. The van der Waals surface area contributed by atoms with Gasteiger partial charge in [0.2, 0.25) is 41.2 Å². The van der Waals surface area contributed by atoms with E-state index in [4.69, 9.17) is 11.5 Å². The second kappa shape index (κ2) is 20.8. The van der Waals surface area contributed by atoms with E-state index in [1.54, 1.807) is 13.8 Å². The molecule has 7 amide bonds. The second-order valence-electron chi connectivity index (χ2n) is 10.9. The largest absolute Gasteiger partial charge is 0.391 e. The van der Waals surface area contributed by atoms with E-state index in [0.29, 0.717) is 32.2 Å². The summed E-state index contributed by atoms with van der Waals surface area (Å²) in [6, 6.07) is -6.14. The molecule has 0 aromatic rings. The van der Waals surface area contributed by atoms with Crippen molar-refractivity contribution in [3.63, 3.8) is 0 Å². The molecule has 0 bridgehead atoms. The molecule has 0 aliphatic carbocycles. The van der Waals surface area contributed by atoms with Crippen LogP contribution < -0.4 is 43.4 Å². The highest BCUT2D eigenvalue weighted by Crippen LogP contribution is 2.11. The predicted octanol–water partition coefficient (Wildman–Crippen LogP) is -3.41. The predicted molar refractivity (Wildman–Crippen MR) is 163 cm³/mol. The molecule has 0 radical (unpaired) electrons. The lowest BCUT2D eigenvalue weighted by Gasteiger charge is -2.29. The Bertz CT molecular complexity index is 1070. The number of amides is 7. The van der Waals surface area contributed by atoms with Crippen LogP contribution in [0.1, 0.15) is 73.6 Å². The molecule has 17 nitrogen and oxygen atoms in total. The number of aliphatic hydroxyl groups excluding tert-OH is 1. The topological polar surface area (TPSA) is 281 Å². The number of unbranched alkanes of at least 4 members (excludes halogenated alkanes) is 1. The van der Waals surface area contributed by atoms with Gasteiger partial charge in [0.25, 0.3) is 5.91 Å². The first-order valence-corrected chi connectivity index (χ1v) is 14.9. The molecule has 45 heavy (non-hydrogen) atoms. The minimum Gasteiger partial charge on any atom is -0.391 e. The smallest absolute Gasteiger partial charge is 0.289 e. The molecule has 7 atom stereocenters. The first kappa shape index (κ1) is 40.9. The zero-order valence-corrected chi connectivity index (χ0v) is 26.9. The highest BCUT2D eigenvalue weighted by Gasteiger charge is 2.34. The van der Waals surface area contributed by atoms with Crippen molar-refractivity contribution < 1.29 is 43.5 Å². The monoisotopic (exact) mass is 642 g/mol. The Morgan fingerprint density at radius 3 is 1.80 bits per heavy atom. The third-order valence-electron chi connectivity index (χ3n) is 6.88. The number of hydrogen-bond acceptors (Lipinski definition) is 10. The molecule has 0 saturated heterocycles. The molecule has 0 rings (SSSR count). The average Bonchev–Trinajstić information content (AvgIpc) is 2.96. The van der Waals surface area contributed by atoms with Gasteiger partial charge in [0.1, 0.15) is 24.2 Å². The van der Waals surface area contributed by atoms with Gasteiger partial charge in [-0.3, -0.25) is 38.4 Å². The van der Waals surface area contributed by atoms with E-state index >= 15 is 0 Å². The highest BCUT2D eigenvalue weighted by atomic mass is 16.3. The summed E-state index contributed by atoms with van der Waals surface area (Å²) in [5, 5.41) is 24.8. The number of primary amides is 1. The molecule has 0 saturated carbocycles. The minimum absolute atomic E-state index is 0.161. The van der Waals surface area contributed by atoms with Crippen LogP contribution in [-0.2, 0) is 38.4 Å². The van der Waals surface area contributed by atoms with Crippen LogP contribution in [0.3, 0.4) is 0 Å². The third-order valence-corrected chi connectivity index (χ3v) is 6.88. The lowest BCUT2D eigenvalue weighted by Crippen LogP contribution is -2.61. The van der Waals surface area contributed by atoms with Gasteiger partial charge in [-0.2, -0.15) is 0 Å². The van der Waals surface area contributed by atoms with Crippen LogP contribution in [0.15, 0.2) is 0 Å². The van der Waals surface area contributed by atoms with Crippen molar-refractivity contribution in [2.75, 3.05) is 13.1 Å². The third kappa shape index (κ3) is 15.4. The number of rotatable bonds is 21. The molecule has 17 heteroatoms. The van der Waals surface area contributed by atoms with E-state index in [-0.39, 0.29) is 13.0 Å². The van der Waals surface area contributed by atoms with Gasteiger partial charge in [-0.05, 0) is 52.5 Å². The van der Waals surface area contributed by atoms with Crippen molar-refractivity contribution in [1.29, 1.82) is 0 Å². The molecule has 0 aromatic carbocycles. The normalized spacial score (nSPS) is 15.5.